The van der Waals surface area contributed by atoms with E-state index in [0.29, 0.717) is 17.3 Å². The summed E-state index contributed by atoms with van der Waals surface area (Å²) in [7, 11) is 0. The molecular weight excluding hydrogens is 271 g/mol. The number of nitro groups is 1. The van der Waals surface area contributed by atoms with Crippen LogP contribution in [0.3, 0.4) is 0 Å². The molecule has 6 heteroatoms. The first-order chi connectivity index (χ1) is 9.08. The maximum absolute atomic E-state index is 13.4. The minimum atomic E-state index is -0.867. The molecule has 4 nitrogen and oxygen atoms in total. The number of anilines is 1. The number of benzene rings is 2. The van der Waals surface area contributed by atoms with Gasteiger partial charge >= 0.3 is 5.69 Å². The maximum Gasteiger partial charge on any atom is 0.304 e. The number of nitrogens with zero attached hydrogens (tertiary/aromatic N) is 1. The Morgan fingerprint density at radius 1 is 1.26 bits per heavy atom. The van der Waals surface area contributed by atoms with Crippen molar-refractivity contribution in [1.82, 2.24) is 0 Å². The molecule has 1 N–H and O–H groups in total. The zero-order chi connectivity index (χ0) is 13.8. The fourth-order valence-corrected chi connectivity index (χ4v) is 1.81. The summed E-state index contributed by atoms with van der Waals surface area (Å²) in [6.07, 6.45) is 0. The standard InChI is InChI=1S/C13H10ClFN2O2/c14-11-4-2-1-3-9(11)8-16-10-5-6-13(17(18)19)12(15)7-10/h1-7,16H,8H2. The molecule has 0 aliphatic heterocycles. The minimum Gasteiger partial charge on any atom is -0.381 e. The lowest BCUT2D eigenvalue weighted by molar-refractivity contribution is -0.387. The molecular formula is C13H10ClFN2O2. The third-order valence-electron chi connectivity index (χ3n) is 2.59. The molecule has 0 amide bonds. The summed E-state index contributed by atoms with van der Waals surface area (Å²) in [6.45, 7) is 0.414. The summed E-state index contributed by atoms with van der Waals surface area (Å²) in [4.78, 5) is 9.73. The van der Waals surface area contributed by atoms with Gasteiger partial charge in [-0.1, -0.05) is 29.8 Å². The average molecular weight is 281 g/mol. The van der Waals surface area contributed by atoms with E-state index in [0.717, 1.165) is 17.7 Å². The third-order valence-corrected chi connectivity index (χ3v) is 2.95. The second kappa shape index (κ2) is 5.67. The molecule has 0 unspecified atom stereocenters. The van der Waals surface area contributed by atoms with Crippen LogP contribution in [0.4, 0.5) is 15.8 Å². The van der Waals surface area contributed by atoms with Crippen LogP contribution in [0.25, 0.3) is 0 Å². The Hall–Kier alpha value is -2.14. The number of rotatable bonds is 4. The first-order valence-electron chi connectivity index (χ1n) is 5.49. The second-order valence-electron chi connectivity index (χ2n) is 3.87. The lowest BCUT2D eigenvalue weighted by Crippen LogP contribution is -2.01. The van der Waals surface area contributed by atoms with Crippen LogP contribution in [0.1, 0.15) is 5.56 Å². The molecule has 0 heterocycles. The van der Waals surface area contributed by atoms with Gasteiger partial charge in [-0.15, -0.1) is 0 Å². The molecule has 0 fully saturated rings. The van der Waals surface area contributed by atoms with Crippen LogP contribution in [0.15, 0.2) is 42.5 Å². The fourth-order valence-electron chi connectivity index (χ4n) is 1.60. The molecule has 0 saturated carbocycles. The smallest absolute Gasteiger partial charge is 0.304 e. The maximum atomic E-state index is 13.4. The van der Waals surface area contributed by atoms with Crippen LogP contribution in [0.2, 0.25) is 5.02 Å². The quantitative estimate of drug-likeness (QED) is 0.680. The second-order valence-corrected chi connectivity index (χ2v) is 4.28. The third kappa shape index (κ3) is 3.20. The van der Waals surface area contributed by atoms with Crippen molar-refractivity contribution in [3.63, 3.8) is 0 Å². The molecule has 98 valence electrons. The minimum absolute atomic E-state index is 0.414. The first kappa shape index (κ1) is 13.3. The van der Waals surface area contributed by atoms with E-state index < -0.39 is 16.4 Å². The highest BCUT2D eigenvalue weighted by Crippen LogP contribution is 2.22. The normalized spacial score (nSPS) is 10.2. The number of nitrogens with one attached hydrogen (secondary N) is 1. The van der Waals surface area contributed by atoms with Gasteiger partial charge in [-0.2, -0.15) is 4.39 Å². The van der Waals surface area contributed by atoms with Gasteiger partial charge in [0.1, 0.15) is 0 Å². The first-order valence-corrected chi connectivity index (χ1v) is 5.87. The lowest BCUT2D eigenvalue weighted by Gasteiger charge is -2.08. The Kier molecular flexibility index (Phi) is 3.97. The van der Waals surface area contributed by atoms with Gasteiger partial charge in [0.25, 0.3) is 0 Å². The highest BCUT2D eigenvalue weighted by atomic mass is 35.5. The van der Waals surface area contributed by atoms with E-state index in [1.807, 2.05) is 18.2 Å². The number of hydrogen-bond acceptors (Lipinski definition) is 3. The van der Waals surface area contributed by atoms with Crippen molar-refractivity contribution < 1.29 is 9.31 Å². The molecule has 2 aromatic rings. The molecule has 19 heavy (non-hydrogen) atoms. The Morgan fingerprint density at radius 2 is 2.00 bits per heavy atom. The van der Waals surface area contributed by atoms with Crippen molar-refractivity contribution in [3.8, 4) is 0 Å². The van der Waals surface area contributed by atoms with Gasteiger partial charge in [-0.3, -0.25) is 10.1 Å². The van der Waals surface area contributed by atoms with Crippen molar-refractivity contribution in [2.45, 2.75) is 6.54 Å². The van der Waals surface area contributed by atoms with Crippen molar-refractivity contribution in [1.29, 1.82) is 0 Å². The van der Waals surface area contributed by atoms with Crippen LogP contribution in [0.5, 0.6) is 0 Å². The van der Waals surface area contributed by atoms with Crippen LogP contribution in [0, 0.1) is 15.9 Å². The summed E-state index contributed by atoms with van der Waals surface area (Å²) in [5.41, 5.74) is 0.786. The van der Waals surface area contributed by atoms with Crippen molar-refractivity contribution in [2.75, 3.05) is 5.32 Å². The molecule has 2 rings (SSSR count). The molecule has 0 aromatic heterocycles. The van der Waals surface area contributed by atoms with E-state index >= 15 is 0 Å². The van der Waals surface area contributed by atoms with E-state index in [1.54, 1.807) is 6.07 Å². The lowest BCUT2D eigenvalue weighted by atomic mass is 10.2. The molecule has 0 bridgehead atoms. The highest BCUT2D eigenvalue weighted by Gasteiger charge is 2.13. The van der Waals surface area contributed by atoms with E-state index in [1.165, 1.54) is 6.07 Å². The zero-order valence-corrected chi connectivity index (χ0v) is 10.5. The van der Waals surface area contributed by atoms with Crippen molar-refractivity contribution in [2.24, 2.45) is 0 Å². The van der Waals surface area contributed by atoms with E-state index in [4.69, 9.17) is 11.6 Å². The van der Waals surface area contributed by atoms with Crippen LogP contribution < -0.4 is 5.32 Å². The Balaban J connectivity index is 2.11. The van der Waals surface area contributed by atoms with Crippen molar-refractivity contribution in [3.05, 3.63) is 69.0 Å². The molecule has 2 aromatic carbocycles. The number of halogens is 2. The molecule has 0 aliphatic rings. The van der Waals surface area contributed by atoms with Crippen LogP contribution in [-0.4, -0.2) is 4.92 Å². The largest absolute Gasteiger partial charge is 0.381 e. The predicted molar refractivity (Wildman–Crippen MR) is 71.8 cm³/mol. The van der Waals surface area contributed by atoms with E-state index in [9.17, 15) is 14.5 Å². The van der Waals surface area contributed by atoms with Crippen molar-refractivity contribution >= 4 is 23.0 Å². The molecule has 0 atom stereocenters. The Morgan fingerprint density at radius 3 is 2.63 bits per heavy atom. The molecule has 0 radical (unpaired) electrons. The van der Waals surface area contributed by atoms with E-state index in [-0.39, 0.29) is 0 Å². The van der Waals surface area contributed by atoms with Gasteiger partial charge in [0.05, 0.1) is 4.92 Å². The van der Waals surface area contributed by atoms with Crippen LogP contribution >= 0.6 is 11.6 Å². The molecule has 0 aliphatic carbocycles. The Labute approximate surface area is 114 Å². The van der Waals surface area contributed by atoms with Gasteiger partial charge in [-0.25, -0.2) is 0 Å². The van der Waals surface area contributed by atoms with Gasteiger partial charge in [0.2, 0.25) is 5.82 Å². The zero-order valence-electron chi connectivity index (χ0n) is 9.77. The topological polar surface area (TPSA) is 55.2 Å². The predicted octanol–water partition coefficient (Wildman–Crippen LogP) is 4.00. The summed E-state index contributed by atoms with van der Waals surface area (Å²) >= 11 is 5.99. The average Bonchev–Trinajstić information content (AvgIpc) is 2.37. The highest BCUT2D eigenvalue weighted by molar-refractivity contribution is 6.31. The summed E-state index contributed by atoms with van der Waals surface area (Å²) in [6, 6.07) is 10.9. The monoisotopic (exact) mass is 280 g/mol. The summed E-state index contributed by atoms with van der Waals surface area (Å²) < 4.78 is 13.4. The van der Waals surface area contributed by atoms with E-state index in [2.05, 4.69) is 5.32 Å². The summed E-state index contributed by atoms with van der Waals surface area (Å²) in [5, 5.41) is 14.1. The Bertz CT molecular complexity index is 619. The fraction of sp³-hybridized carbons (Fsp3) is 0.0769. The van der Waals surface area contributed by atoms with Crippen LogP contribution in [-0.2, 0) is 6.54 Å². The molecule has 0 spiro atoms. The van der Waals surface area contributed by atoms with Gasteiger partial charge in [0.15, 0.2) is 0 Å². The van der Waals surface area contributed by atoms with Gasteiger partial charge in [-0.05, 0) is 17.7 Å². The van der Waals surface area contributed by atoms with Gasteiger partial charge < -0.3 is 5.32 Å². The summed E-state index contributed by atoms with van der Waals surface area (Å²) in [5.74, 6) is -0.867. The SMILES string of the molecule is O=[N+]([O-])c1ccc(NCc2ccccc2Cl)cc1F. The van der Waals surface area contributed by atoms with Gasteiger partial charge in [0, 0.05) is 29.4 Å². The number of nitro benzene ring substituents is 1. The molecule has 0 saturated heterocycles. The number of hydrogen-bond donors (Lipinski definition) is 1.